The van der Waals surface area contributed by atoms with Gasteiger partial charge in [-0.1, -0.05) is 17.7 Å². The summed E-state index contributed by atoms with van der Waals surface area (Å²) in [6.07, 6.45) is 1.93. The van der Waals surface area contributed by atoms with Crippen LogP contribution in [-0.4, -0.2) is 44.0 Å². The maximum Gasteiger partial charge on any atom is 0.321 e. The molecule has 4 amide bonds. The van der Waals surface area contributed by atoms with Gasteiger partial charge in [-0.15, -0.1) is 0 Å². The normalized spacial score (nSPS) is 14.7. The third-order valence-corrected chi connectivity index (χ3v) is 3.43. The minimum absolute atomic E-state index is 0.0550. The van der Waals surface area contributed by atoms with Gasteiger partial charge in [-0.2, -0.15) is 0 Å². The first-order chi connectivity index (χ1) is 10.9. The molecule has 1 aromatic carbocycles. The van der Waals surface area contributed by atoms with Gasteiger partial charge in [0.15, 0.2) is 13.1 Å². The molecule has 0 aromatic heterocycles. The summed E-state index contributed by atoms with van der Waals surface area (Å²) in [7, 11) is 1.73. The molecule has 7 heteroatoms. The highest BCUT2D eigenvalue weighted by molar-refractivity contribution is 5.95. The van der Waals surface area contributed by atoms with Crippen LogP contribution in [0.15, 0.2) is 24.3 Å². The van der Waals surface area contributed by atoms with Crippen LogP contribution in [-0.2, 0) is 9.59 Å². The van der Waals surface area contributed by atoms with Crippen LogP contribution in [0, 0.1) is 6.92 Å². The molecule has 124 valence electrons. The van der Waals surface area contributed by atoms with Crippen molar-refractivity contribution in [1.29, 1.82) is 0 Å². The number of carbonyl (C=O) groups is 3. The Morgan fingerprint density at radius 1 is 1.09 bits per heavy atom. The van der Waals surface area contributed by atoms with E-state index in [9.17, 15) is 14.4 Å². The fraction of sp³-hybridized carbons (Fsp3) is 0.438. The number of aryl methyl sites for hydroxylation is 1. The summed E-state index contributed by atoms with van der Waals surface area (Å²) < 4.78 is 0. The number of hydrogen-bond acceptors (Lipinski definition) is 3. The summed E-state index contributed by atoms with van der Waals surface area (Å²) in [5.41, 5.74) is 1.84. The minimum atomic E-state index is -0.464. The van der Waals surface area contributed by atoms with Crippen LogP contribution in [0.25, 0.3) is 0 Å². The van der Waals surface area contributed by atoms with Gasteiger partial charge in [-0.3, -0.25) is 14.9 Å². The van der Waals surface area contributed by atoms with Crippen LogP contribution in [0.4, 0.5) is 10.5 Å². The number of imide groups is 1. The lowest BCUT2D eigenvalue weighted by Crippen LogP contribution is -3.11. The second kappa shape index (κ2) is 7.73. The third kappa shape index (κ3) is 6.48. The number of rotatable bonds is 6. The van der Waals surface area contributed by atoms with E-state index in [1.807, 2.05) is 31.2 Å². The first-order valence-electron chi connectivity index (χ1n) is 7.70. The van der Waals surface area contributed by atoms with E-state index in [4.69, 9.17) is 0 Å². The predicted octanol–water partition coefficient (Wildman–Crippen LogP) is -0.564. The Kier molecular flexibility index (Phi) is 5.70. The molecule has 0 saturated heterocycles. The van der Waals surface area contributed by atoms with Crippen LogP contribution < -0.4 is 20.9 Å². The molecule has 1 aromatic rings. The van der Waals surface area contributed by atoms with Crippen LogP contribution >= 0.6 is 0 Å². The number of benzene rings is 1. The Hall–Kier alpha value is -2.41. The molecule has 23 heavy (non-hydrogen) atoms. The highest BCUT2D eigenvalue weighted by Crippen LogP contribution is 2.18. The molecule has 0 heterocycles. The van der Waals surface area contributed by atoms with Gasteiger partial charge in [-0.05, 0) is 31.9 Å². The quantitative estimate of drug-likeness (QED) is 0.566. The van der Waals surface area contributed by atoms with Crippen molar-refractivity contribution in [3.8, 4) is 0 Å². The Bertz CT molecular complexity index is 581. The lowest BCUT2D eigenvalue weighted by Gasteiger charge is -2.13. The lowest BCUT2D eigenvalue weighted by atomic mass is 10.2. The van der Waals surface area contributed by atoms with Crippen LogP contribution in [0.3, 0.4) is 0 Å². The molecule has 4 N–H and O–H groups in total. The molecular weight excluding hydrogens is 296 g/mol. The first kappa shape index (κ1) is 17.0. The SMILES string of the molecule is Cc1ccc(NC(=O)C[NH+](C)CC(=O)NC(=O)NC2CC2)cc1. The predicted molar refractivity (Wildman–Crippen MR) is 86.1 cm³/mol. The lowest BCUT2D eigenvalue weighted by molar-refractivity contribution is -0.862. The van der Waals surface area contributed by atoms with E-state index < -0.39 is 11.9 Å². The van der Waals surface area contributed by atoms with Crippen molar-refractivity contribution in [3.63, 3.8) is 0 Å². The fourth-order valence-electron chi connectivity index (χ4n) is 2.07. The van der Waals surface area contributed by atoms with E-state index in [0.717, 1.165) is 24.1 Å². The second-order valence-corrected chi connectivity index (χ2v) is 6.02. The zero-order valence-corrected chi connectivity index (χ0v) is 13.4. The minimum Gasteiger partial charge on any atom is -0.335 e. The number of urea groups is 1. The van der Waals surface area contributed by atoms with Gasteiger partial charge in [0.05, 0.1) is 7.05 Å². The van der Waals surface area contributed by atoms with Gasteiger partial charge in [0.2, 0.25) is 0 Å². The van der Waals surface area contributed by atoms with Crippen molar-refractivity contribution >= 4 is 23.5 Å². The van der Waals surface area contributed by atoms with Gasteiger partial charge in [0.1, 0.15) is 0 Å². The van der Waals surface area contributed by atoms with E-state index in [1.165, 1.54) is 0 Å². The Morgan fingerprint density at radius 2 is 1.70 bits per heavy atom. The average Bonchev–Trinajstić information content (AvgIpc) is 3.24. The van der Waals surface area contributed by atoms with E-state index in [-0.39, 0.29) is 25.0 Å². The standard InChI is InChI=1S/C16H22N4O3/c1-11-3-5-12(6-4-11)17-14(21)9-20(2)10-15(22)19-16(23)18-13-7-8-13/h3-6,13H,7-10H2,1-2H3,(H,17,21)(H2,18,19,22,23)/p+1. The summed E-state index contributed by atoms with van der Waals surface area (Å²) in [6, 6.07) is 7.23. The van der Waals surface area contributed by atoms with Crippen LogP contribution in [0.1, 0.15) is 18.4 Å². The van der Waals surface area contributed by atoms with Gasteiger partial charge in [0.25, 0.3) is 11.8 Å². The van der Waals surface area contributed by atoms with Crippen molar-refractivity contribution < 1.29 is 19.3 Å². The van der Waals surface area contributed by atoms with E-state index in [0.29, 0.717) is 4.90 Å². The largest absolute Gasteiger partial charge is 0.335 e. The summed E-state index contributed by atoms with van der Waals surface area (Å²) in [6.45, 7) is 2.17. The molecule has 2 rings (SSSR count). The average molecular weight is 319 g/mol. The van der Waals surface area contributed by atoms with Crippen molar-refractivity contribution in [2.45, 2.75) is 25.8 Å². The molecular formula is C16H23N4O3+. The Balaban J connectivity index is 1.69. The zero-order chi connectivity index (χ0) is 16.8. The second-order valence-electron chi connectivity index (χ2n) is 6.02. The topological polar surface area (TPSA) is 91.7 Å². The van der Waals surface area contributed by atoms with E-state index >= 15 is 0 Å². The Morgan fingerprint density at radius 3 is 2.30 bits per heavy atom. The zero-order valence-electron chi connectivity index (χ0n) is 13.4. The Labute approximate surface area is 135 Å². The molecule has 0 radical (unpaired) electrons. The molecule has 0 spiro atoms. The van der Waals surface area contributed by atoms with Crippen LogP contribution in [0.5, 0.6) is 0 Å². The summed E-state index contributed by atoms with van der Waals surface area (Å²) >= 11 is 0. The number of carbonyl (C=O) groups excluding carboxylic acids is 3. The molecule has 1 atom stereocenters. The molecule has 7 nitrogen and oxygen atoms in total. The van der Waals surface area contributed by atoms with E-state index in [1.54, 1.807) is 7.05 Å². The van der Waals surface area contributed by atoms with Gasteiger partial charge >= 0.3 is 6.03 Å². The van der Waals surface area contributed by atoms with Crippen molar-refractivity contribution in [2.75, 3.05) is 25.5 Å². The molecule has 1 saturated carbocycles. The third-order valence-electron chi connectivity index (χ3n) is 3.43. The van der Waals surface area contributed by atoms with E-state index in [2.05, 4.69) is 16.0 Å². The number of amides is 4. The number of anilines is 1. The molecule has 1 aliphatic carbocycles. The highest BCUT2D eigenvalue weighted by atomic mass is 16.2. The van der Waals surface area contributed by atoms with Crippen LogP contribution in [0.2, 0.25) is 0 Å². The monoisotopic (exact) mass is 319 g/mol. The fourth-order valence-corrected chi connectivity index (χ4v) is 2.07. The molecule has 1 aliphatic rings. The summed E-state index contributed by atoms with van der Waals surface area (Å²) in [5, 5.41) is 7.72. The number of nitrogens with one attached hydrogen (secondary N) is 4. The molecule has 1 fully saturated rings. The molecule has 1 unspecified atom stereocenters. The highest BCUT2D eigenvalue weighted by Gasteiger charge is 2.24. The van der Waals surface area contributed by atoms with Gasteiger partial charge < -0.3 is 15.5 Å². The van der Waals surface area contributed by atoms with Crippen molar-refractivity contribution in [2.24, 2.45) is 0 Å². The first-order valence-corrected chi connectivity index (χ1v) is 7.70. The summed E-state index contributed by atoms with van der Waals surface area (Å²) in [5.74, 6) is -0.578. The van der Waals surface area contributed by atoms with Gasteiger partial charge in [0, 0.05) is 11.7 Å². The molecule has 0 aliphatic heterocycles. The van der Waals surface area contributed by atoms with Gasteiger partial charge in [-0.25, -0.2) is 4.79 Å². The molecule has 0 bridgehead atoms. The number of likely N-dealkylation sites (N-methyl/N-ethyl adjacent to an activating group) is 1. The van der Waals surface area contributed by atoms with Crippen molar-refractivity contribution in [3.05, 3.63) is 29.8 Å². The maximum atomic E-state index is 11.9. The smallest absolute Gasteiger partial charge is 0.321 e. The number of hydrogen-bond donors (Lipinski definition) is 4. The number of quaternary nitrogens is 1. The maximum absolute atomic E-state index is 11.9. The van der Waals surface area contributed by atoms with Crippen molar-refractivity contribution in [1.82, 2.24) is 10.6 Å². The summed E-state index contributed by atoms with van der Waals surface area (Å²) in [4.78, 5) is 35.8.